The molecule has 0 heterocycles. The quantitative estimate of drug-likeness (QED) is 0.585. The third kappa shape index (κ3) is 4.65. The van der Waals surface area contributed by atoms with E-state index in [2.05, 4.69) is 75.0 Å². The van der Waals surface area contributed by atoms with Crippen LogP contribution in [0.2, 0.25) is 5.02 Å². The summed E-state index contributed by atoms with van der Waals surface area (Å²) in [4.78, 5) is 0. The molecule has 0 saturated carbocycles. The number of benzene rings is 2. The van der Waals surface area contributed by atoms with Crippen LogP contribution in [0.1, 0.15) is 12.5 Å². The number of hydrogen-bond acceptors (Lipinski definition) is 1. The van der Waals surface area contributed by atoms with Crippen LogP contribution in [0, 0.1) is 3.57 Å². The van der Waals surface area contributed by atoms with Gasteiger partial charge in [-0.05, 0) is 71.8 Å². The molecular weight excluding hydrogens is 436 g/mol. The minimum absolute atomic E-state index is 0.371. The van der Waals surface area contributed by atoms with E-state index in [0.717, 1.165) is 25.2 Å². The van der Waals surface area contributed by atoms with Gasteiger partial charge in [-0.25, -0.2) is 0 Å². The Balaban J connectivity index is 2.01. The van der Waals surface area contributed by atoms with Crippen molar-refractivity contribution >= 4 is 55.8 Å². The molecule has 0 aliphatic heterocycles. The Labute approximate surface area is 141 Å². The van der Waals surface area contributed by atoms with Crippen LogP contribution < -0.4 is 5.32 Å². The third-order valence-electron chi connectivity index (χ3n) is 2.79. The van der Waals surface area contributed by atoms with Gasteiger partial charge in [-0.2, -0.15) is 0 Å². The van der Waals surface area contributed by atoms with E-state index in [9.17, 15) is 0 Å². The summed E-state index contributed by atoms with van der Waals surface area (Å²) in [6.07, 6.45) is 0.992. The van der Waals surface area contributed by atoms with Crippen molar-refractivity contribution in [3.8, 4) is 0 Å². The van der Waals surface area contributed by atoms with Gasteiger partial charge in [0.1, 0.15) is 0 Å². The number of nitrogens with one attached hydrogen (secondary N) is 1. The van der Waals surface area contributed by atoms with Crippen molar-refractivity contribution in [1.82, 2.24) is 0 Å². The molecule has 0 aliphatic rings. The van der Waals surface area contributed by atoms with Gasteiger partial charge in [-0.1, -0.05) is 39.7 Å². The molecular formula is C15H14BrClIN. The lowest BCUT2D eigenvalue weighted by Crippen LogP contribution is -2.18. The zero-order chi connectivity index (χ0) is 13.8. The summed E-state index contributed by atoms with van der Waals surface area (Å²) < 4.78 is 2.26. The van der Waals surface area contributed by atoms with Crippen LogP contribution in [0.3, 0.4) is 0 Å². The second-order valence-electron chi connectivity index (χ2n) is 4.50. The molecule has 1 atom stereocenters. The van der Waals surface area contributed by atoms with Gasteiger partial charge in [0.05, 0.1) is 0 Å². The fraction of sp³-hybridized carbons (Fsp3) is 0.200. The van der Waals surface area contributed by atoms with Crippen molar-refractivity contribution < 1.29 is 0 Å². The van der Waals surface area contributed by atoms with Crippen LogP contribution in [-0.2, 0) is 6.42 Å². The summed E-state index contributed by atoms with van der Waals surface area (Å²) in [5.74, 6) is 0. The normalized spacial score (nSPS) is 12.2. The van der Waals surface area contributed by atoms with E-state index in [0.29, 0.717) is 6.04 Å². The van der Waals surface area contributed by atoms with Crippen LogP contribution in [0.5, 0.6) is 0 Å². The highest BCUT2D eigenvalue weighted by Crippen LogP contribution is 2.23. The molecule has 1 unspecified atom stereocenters. The smallest absolute Gasteiger partial charge is 0.0479 e. The lowest BCUT2D eigenvalue weighted by molar-refractivity contribution is 0.789. The highest BCUT2D eigenvalue weighted by molar-refractivity contribution is 14.1. The summed E-state index contributed by atoms with van der Waals surface area (Å²) in [5.41, 5.74) is 2.46. The molecule has 0 bridgehead atoms. The molecule has 0 spiro atoms. The van der Waals surface area contributed by atoms with E-state index >= 15 is 0 Å². The van der Waals surface area contributed by atoms with Gasteiger partial charge in [0.2, 0.25) is 0 Å². The van der Waals surface area contributed by atoms with Gasteiger partial charge in [0, 0.05) is 24.8 Å². The molecule has 100 valence electrons. The van der Waals surface area contributed by atoms with E-state index in [4.69, 9.17) is 11.6 Å². The molecule has 2 aromatic carbocycles. The monoisotopic (exact) mass is 449 g/mol. The van der Waals surface area contributed by atoms with Crippen LogP contribution in [-0.4, -0.2) is 6.04 Å². The number of rotatable bonds is 4. The van der Waals surface area contributed by atoms with Gasteiger partial charge in [-0.3, -0.25) is 0 Å². The van der Waals surface area contributed by atoms with E-state index in [1.54, 1.807) is 0 Å². The molecule has 0 radical (unpaired) electrons. The van der Waals surface area contributed by atoms with Gasteiger partial charge in [0.15, 0.2) is 0 Å². The fourth-order valence-corrected chi connectivity index (χ4v) is 3.19. The van der Waals surface area contributed by atoms with E-state index < -0.39 is 0 Å². The second-order valence-corrected chi connectivity index (χ2v) is 7.01. The Morgan fingerprint density at radius 3 is 2.53 bits per heavy atom. The first-order valence-corrected chi connectivity index (χ1v) is 8.25. The lowest BCUT2D eigenvalue weighted by atomic mass is 10.1. The van der Waals surface area contributed by atoms with Crippen LogP contribution in [0.25, 0.3) is 0 Å². The molecule has 4 heteroatoms. The van der Waals surface area contributed by atoms with E-state index in [-0.39, 0.29) is 0 Å². The van der Waals surface area contributed by atoms with Crippen molar-refractivity contribution in [2.24, 2.45) is 0 Å². The fourth-order valence-electron chi connectivity index (χ4n) is 1.90. The first kappa shape index (κ1) is 15.1. The van der Waals surface area contributed by atoms with Gasteiger partial charge in [0.25, 0.3) is 0 Å². The Morgan fingerprint density at radius 1 is 1.21 bits per heavy atom. The molecule has 1 nitrogen and oxygen atoms in total. The summed E-state index contributed by atoms with van der Waals surface area (Å²) >= 11 is 11.7. The van der Waals surface area contributed by atoms with E-state index in [1.807, 2.05) is 18.2 Å². The summed E-state index contributed by atoms with van der Waals surface area (Å²) in [7, 11) is 0. The second kappa shape index (κ2) is 6.95. The average Bonchev–Trinajstić information content (AvgIpc) is 2.36. The van der Waals surface area contributed by atoms with Crippen LogP contribution >= 0.6 is 50.1 Å². The zero-order valence-corrected chi connectivity index (χ0v) is 15.0. The van der Waals surface area contributed by atoms with Crippen molar-refractivity contribution in [3.63, 3.8) is 0 Å². The molecule has 0 saturated heterocycles. The topological polar surface area (TPSA) is 12.0 Å². The predicted molar refractivity (Wildman–Crippen MR) is 95.1 cm³/mol. The zero-order valence-electron chi connectivity index (χ0n) is 10.5. The Hall–Kier alpha value is -0.260. The van der Waals surface area contributed by atoms with Crippen LogP contribution in [0.15, 0.2) is 46.9 Å². The maximum absolute atomic E-state index is 5.96. The highest BCUT2D eigenvalue weighted by atomic mass is 127. The van der Waals surface area contributed by atoms with Crippen molar-refractivity contribution in [3.05, 3.63) is 61.1 Å². The molecule has 0 aromatic heterocycles. The predicted octanol–water partition coefficient (Wildman–Crippen LogP) is 5.75. The SMILES string of the molecule is CC(Cc1ccc(Br)cc1)Nc1ccc(Cl)cc1I. The van der Waals surface area contributed by atoms with Gasteiger partial charge >= 0.3 is 0 Å². The van der Waals surface area contributed by atoms with Crippen molar-refractivity contribution in [2.75, 3.05) is 5.32 Å². The standard InChI is InChI=1S/C15H14BrClIN/c1-10(8-11-2-4-12(16)5-3-11)19-15-7-6-13(17)9-14(15)18/h2-7,9-10,19H,8H2,1H3. The minimum Gasteiger partial charge on any atom is -0.381 e. The average molecular weight is 451 g/mol. The molecule has 0 fully saturated rings. The largest absolute Gasteiger partial charge is 0.381 e. The van der Waals surface area contributed by atoms with Crippen molar-refractivity contribution in [2.45, 2.75) is 19.4 Å². The lowest BCUT2D eigenvalue weighted by Gasteiger charge is -2.17. The maximum atomic E-state index is 5.96. The van der Waals surface area contributed by atoms with Gasteiger partial charge < -0.3 is 5.32 Å². The maximum Gasteiger partial charge on any atom is 0.0479 e. The van der Waals surface area contributed by atoms with E-state index in [1.165, 1.54) is 5.56 Å². The molecule has 1 N–H and O–H groups in total. The molecule has 19 heavy (non-hydrogen) atoms. The first-order chi connectivity index (χ1) is 9.04. The summed E-state index contributed by atoms with van der Waals surface area (Å²) in [6.45, 7) is 2.19. The highest BCUT2D eigenvalue weighted by Gasteiger charge is 2.06. The van der Waals surface area contributed by atoms with Gasteiger partial charge in [-0.15, -0.1) is 0 Å². The Kier molecular flexibility index (Phi) is 5.54. The number of halogens is 3. The summed E-state index contributed by atoms with van der Waals surface area (Å²) in [5, 5.41) is 4.30. The molecule has 2 rings (SSSR count). The Morgan fingerprint density at radius 2 is 1.89 bits per heavy atom. The molecule has 0 aliphatic carbocycles. The molecule has 2 aromatic rings. The van der Waals surface area contributed by atoms with Crippen LogP contribution in [0.4, 0.5) is 5.69 Å². The number of hydrogen-bond donors (Lipinski definition) is 1. The Bertz CT molecular complexity index is 557. The summed E-state index contributed by atoms with van der Waals surface area (Å²) in [6, 6.07) is 14.7. The third-order valence-corrected chi connectivity index (χ3v) is 4.44. The first-order valence-electron chi connectivity index (χ1n) is 6.00. The molecule has 0 amide bonds. The number of anilines is 1. The minimum atomic E-state index is 0.371. The van der Waals surface area contributed by atoms with Crippen molar-refractivity contribution in [1.29, 1.82) is 0 Å².